The number of nitrogens with two attached hydrogens (primary N) is 1. The molecular weight excluding hydrogens is 242 g/mol. The molecule has 1 amide bonds. The predicted octanol–water partition coefficient (Wildman–Crippen LogP) is 0.289. The van der Waals surface area contributed by atoms with Gasteiger partial charge in [0.2, 0.25) is 6.41 Å². The van der Waals surface area contributed by atoms with Gasteiger partial charge in [-0.2, -0.15) is 0 Å². The smallest absolute Gasteiger partial charge is 0.204 e. The number of carbonyl (C=O) groups is 2. The molecule has 3 atom stereocenters. The van der Waals surface area contributed by atoms with Crippen molar-refractivity contribution in [3.63, 3.8) is 0 Å². The Kier molecular flexibility index (Phi) is 5.50. The number of hydrogen-bond acceptors (Lipinski definition) is 4. The van der Waals surface area contributed by atoms with E-state index in [-0.39, 0.29) is 17.9 Å². The highest BCUT2D eigenvalue weighted by Crippen LogP contribution is 2.38. The molecule has 2 aliphatic rings. The molecule has 4 N–H and O–H groups in total. The fourth-order valence-corrected chi connectivity index (χ4v) is 3.61. The van der Waals surface area contributed by atoms with Crippen LogP contribution in [0.25, 0.3) is 0 Å². The molecule has 5 heteroatoms. The fraction of sp³-hybridized carbons (Fsp3) is 0.857. The lowest BCUT2D eigenvalue weighted by Crippen LogP contribution is -2.74. The Bertz CT molecular complexity index is 331. The SMILES string of the molecule is CC(C)C1C(=O)CC2CNCC1(C(C)C)N2.NC=O. The third kappa shape index (κ3) is 3.15. The largest absolute Gasteiger partial charge is 0.372 e. The van der Waals surface area contributed by atoms with Crippen LogP contribution >= 0.6 is 0 Å². The number of piperidine rings is 1. The highest BCUT2D eigenvalue weighted by atomic mass is 16.1. The first-order chi connectivity index (χ1) is 8.89. The molecule has 0 aliphatic carbocycles. The van der Waals surface area contributed by atoms with E-state index in [1.807, 2.05) is 0 Å². The molecule has 3 unspecified atom stereocenters. The van der Waals surface area contributed by atoms with Gasteiger partial charge in [-0.05, 0) is 11.8 Å². The summed E-state index contributed by atoms with van der Waals surface area (Å²) in [5.74, 6) is 1.54. The van der Waals surface area contributed by atoms with E-state index >= 15 is 0 Å². The molecule has 0 saturated carbocycles. The molecule has 2 rings (SSSR count). The van der Waals surface area contributed by atoms with Gasteiger partial charge in [-0.3, -0.25) is 9.59 Å². The Hall–Kier alpha value is -0.940. The van der Waals surface area contributed by atoms with Crippen molar-refractivity contribution in [1.29, 1.82) is 0 Å². The van der Waals surface area contributed by atoms with E-state index in [9.17, 15) is 4.79 Å². The first-order valence-electron chi connectivity index (χ1n) is 7.05. The molecule has 0 aromatic carbocycles. The lowest BCUT2D eigenvalue weighted by molar-refractivity contribution is -0.134. The van der Waals surface area contributed by atoms with Crippen LogP contribution in [0.5, 0.6) is 0 Å². The van der Waals surface area contributed by atoms with Gasteiger partial charge < -0.3 is 16.4 Å². The molecule has 2 heterocycles. The highest BCUT2D eigenvalue weighted by molar-refractivity contribution is 5.84. The number of ketones is 1. The quantitative estimate of drug-likeness (QED) is 0.629. The Balaban J connectivity index is 0.000000550. The second-order valence-electron chi connectivity index (χ2n) is 6.20. The number of carbonyl (C=O) groups excluding carboxylic acids is 2. The van der Waals surface area contributed by atoms with E-state index < -0.39 is 0 Å². The lowest BCUT2D eigenvalue weighted by Gasteiger charge is -2.54. The minimum atomic E-state index is -0.0214. The van der Waals surface area contributed by atoms with Crippen molar-refractivity contribution in [3.05, 3.63) is 0 Å². The molecule has 19 heavy (non-hydrogen) atoms. The molecule has 0 aromatic heterocycles. The summed E-state index contributed by atoms with van der Waals surface area (Å²) in [5, 5.41) is 7.24. The predicted molar refractivity (Wildman–Crippen MR) is 75.6 cm³/mol. The van der Waals surface area contributed by atoms with Crippen molar-refractivity contribution < 1.29 is 9.59 Å². The van der Waals surface area contributed by atoms with Gasteiger partial charge >= 0.3 is 0 Å². The highest BCUT2D eigenvalue weighted by Gasteiger charge is 2.52. The van der Waals surface area contributed by atoms with Crippen LogP contribution in [0.4, 0.5) is 0 Å². The minimum absolute atomic E-state index is 0.0214. The Labute approximate surface area is 115 Å². The average molecular weight is 269 g/mol. The second-order valence-corrected chi connectivity index (χ2v) is 6.20. The van der Waals surface area contributed by atoms with Gasteiger partial charge in [0.1, 0.15) is 5.78 Å². The van der Waals surface area contributed by atoms with E-state index in [4.69, 9.17) is 4.79 Å². The summed E-state index contributed by atoms with van der Waals surface area (Å²) in [6.07, 6.45) is 0.949. The van der Waals surface area contributed by atoms with Gasteiger partial charge in [-0.25, -0.2) is 0 Å². The summed E-state index contributed by atoms with van der Waals surface area (Å²) in [4.78, 5) is 20.9. The van der Waals surface area contributed by atoms with E-state index in [0.717, 1.165) is 13.1 Å². The Morgan fingerprint density at radius 3 is 2.42 bits per heavy atom. The van der Waals surface area contributed by atoms with Gasteiger partial charge in [0.15, 0.2) is 0 Å². The van der Waals surface area contributed by atoms with Gasteiger partial charge in [-0.1, -0.05) is 27.7 Å². The number of hydrogen-bond donors (Lipinski definition) is 3. The Morgan fingerprint density at radius 2 is 1.95 bits per heavy atom. The number of rotatable bonds is 2. The zero-order valence-corrected chi connectivity index (χ0v) is 12.4. The lowest BCUT2D eigenvalue weighted by atomic mass is 9.63. The van der Waals surface area contributed by atoms with Crippen molar-refractivity contribution >= 4 is 12.2 Å². The van der Waals surface area contributed by atoms with Crippen LogP contribution in [-0.2, 0) is 9.59 Å². The van der Waals surface area contributed by atoms with Crippen molar-refractivity contribution in [3.8, 4) is 0 Å². The number of fused-ring (bicyclic) bond motifs is 2. The van der Waals surface area contributed by atoms with Crippen LogP contribution in [0.3, 0.4) is 0 Å². The van der Waals surface area contributed by atoms with E-state index in [1.165, 1.54) is 0 Å². The zero-order chi connectivity index (χ0) is 14.6. The molecule has 2 aliphatic heterocycles. The number of piperazine rings is 1. The molecule has 2 bridgehead atoms. The van der Waals surface area contributed by atoms with Crippen LogP contribution < -0.4 is 16.4 Å². The van der Waals surface area contributed by atoms with E-state index in [1.54, 1.807) is 0 Å². The van der Waals surface area contributed by atoms with Crippen molar-refractivity contribution in [2.75, 3.05) is 13.1 Å². The molecule has 0 spiro atoms. The van der Waals surface area contributed by atoms with Crippen LogP contribution in [0.1, 0.15) is 34.1 Å². The Morgan fingerprint density at radius 1 is 1.37 bits per heavy atom. The van der Waals surface area contributed by atoms with E-state index in [0.29, 0.717) is 30.1 Å². The summed E-state index contributed by atoms with van der Waals surface area (Å²) in [7, 11) is 0. The normalized spacial score (nSPS) is 33.9. The summed E-state index contributed by atoms with van der Waals surface area (Å²) < 4.78 is 0. The standard InChI is InChI=1S/C13H24N2O.CH3NO/c1-8(2)12-11(16)5-10-6-14-7-13(12,15-10)9(3)4;2-1-3/h8-10,12,14-15H,5-7H2,1-4H3;1H,(H2,2,3). The third-order valence-electron chi connectivity index (χ3n) is 4.33. The number of Topliss-reactive ketones (excluding diaryl/α,β-unsaturated/α-hetero) is 1. The maximum atomic E-state index is 12.3. The van der Waals surface area contributed by atoms with Gasteiger partial charge in [0, 0.05) is 37.0 Å². The summed E-state index contributed by atoms with van der Waals surface area (Å²) >= 11 is 0. The molecule has 2 saturated heterocycles. The van der Waals surface area contributed by atoms with E-state index in [2.05, 4.69) is 44.1 Å². The molecule has 0 aromatic rings. The summed E-state index contributed by atoms with van der Waals surface area (Å²) in [5.41, 5.74) is 4.15. The molecule has 110 valence electrons. The monoisotopic (exact) mass is 269 g/mol. The van der Waals surface area contributed by atoms with Crippen molar-refractivity contribution in [1.82, 2.24) is 10.6 Å². The van der Waals surface area contributed by atoms with Gasteiger partial charge in [0.25, 0.3) is 0 Å². The zero-order valence-electron chi connectivity index (χ0n) is 12.4. The fourth-order valence-electron chi connectivity index (χ4n) is 3.61. The van der Waals surface area contributed by atoms with Gasteiger partial charge in [-0.15, -0.1) is 0 Å². The summed E-state index contributed by atoms with van der Waals surface area (Å²) in [6.45, 7) is 10.7. The van der Waals surface area contributed by atoms with Crippen molar-refractivity contribution in [2.24, 2.45) is 23.5 Å². The molecule has 2 fully saturated rings. The summed E-state index contributed by atoms with van der Waals surface area (Å²) in [6, 6.07) is 0.346. The number of primary amides is 1. The van der Waals surface area contributed by atoms with Crippen molar-refractivity contribution in [2.45, 2.75) is 45.7 Å². The maximum Gasteiger partial charge on any atom is 0.204 e. The molecular formula is C14H27N3O2. The minimum Gasteiger partial charge on any atom is -0.372 e. The number of amides is 1. The third-order valence-corrected chi connectivity index (χ3v) is 4.33. The van der Waals surface area contributed by atoms with Crippen LogP contribution in [0, 0.1) is 17.8 Å². The topological polar surface area (TPSA) is 84.2 Å². The molecule has 5 nitrogen and oxygen atoms in total. The maximum absolute atomic E-state index is 12.3. The molecule has 0 radical (unpaired) electrons. The number of nitrogens with one attached hydrogen (secondary N) is 2. The van der Waals surface area contributed by atoms with Gasteiger partial charge in [0.05, 0.1) is 0 Å². The van der Waals surface area contributed by atoms with Crippen LogP contribution in [0.15, 0.2) is 0 Å². The first-order valence-corrected chi connectivity index (χ1v) is 7.05. The second kappa shape index (κ2) is 6.48. The first kappa shape index (κ1) is 16.1. The van der Waals surface area contributed by atoms with Crippen LogP contribution in [-0.4, -0.2) is 36.9 Å². The van der Waals surface area contributed by atoms with Crippen LogP contribution in [0.2, 0.25) is 0 Å². The average Bonchev–Trinajstić information content (AvgIpc) is 2.28.